The Kier molecular flexibility index (Phi) is 5.00. The topological polar surface area (TPSA) is 52.3 Å². The van der Waals surface area contributed by atoms with Crippen molar-refractivity contribution in [3.05, 3.63) is 28.2 Å². The quantitative estimate of drug-likeness (QED) is 0.908. The summed E-state index contributed by atoms with van der Waals surface area (Å²) in [5.74, 6) is 0.564. The number of ether oxygens (including phenoxy) is 1. The van der Waals surface area contributed by atoms with Crippen molar-refractivity contribution in [1.82, 2.24) is 0 Å². The van der Waals surface area contributed by atoms with Crippen molar-refractivity contribution in [2.45, 2.75) is 26.7 Å². The van der Waals surface area contributed by atoms with Gasteiger partial charge in [0.05, 0.1) is 12.5 Å². The maximum Gasteiger partial charge on any atom is 0.223 e. The van der Waals surface area contributed by atoms with E-state index in [-0.39, 0.29) is 11.8 Å². The molecule has 1 aromatic carbocycles. The Morgan fingerprint density at radius 1 is 1.41 bits per heavy atom. The highest BCUT2D eigenvalue weighted by molar-refractivity contribution is 9.10. The van der Waals surface area contributed by atoms with Crippen molar-refractivity contribution in [1.29, 1.82) is 0 Å². The molecule has 0 aliphatic carbocycles. The van der Waals surface area contributed by atoms with Gasteiger partial charge in [-0.05, 0) is 29.7 Å². The van der Waals surface area contributed by atoms with Crippen LogP contribution in [-0.2, 0) is 4.79 Å². The third-order valence-corrected chi connectivity index (χ3v) is 3.06. The average molecular weight is 300 g/mol. The zero-order chi connectivity index (χ0) is 13.0. The molecule has 0 bridgehead atoms. The predicted octanol–water partition coefficient (Wildman–Crippen LogP) is 3.07. The second-order valence-corrected chi connectivity index (χ2v) is 5.37. The van der Waals surface area contributed by atoms with Crippen LogP contribution >= 0.6 is 15.9 Å². The fraction of sp³-hybridized carbons (Fsp3) is 0.462. The largest absolute Gasteiger partial charge is 0.492 e. The van der Waals surface area contributed by atoms with E-state index in [9.17, 15) is 4.79 Å². The molecule has 0 aliphatic heterocycles. The van der Waals surface area contributed by atoms with Gasteiger partial charge < -0.3 is 10.5 Å². The molecule has 0 aromatic heterocycles. The average Bonchev–Trinajstić information content (AvgIpc) is 2.26. The highest BCUT2D eigenvalue weighted by Crippen LogP contribution is 2.29. The standard InChI is InChI=1S/C13H18BrNO2/c1-8(2)11-6-10(14)4-5-12(11)17-7-9(3)13(15)16/h4-6,8-9H,7H2,1-3H3,(H2,15,16). The van der Waals surface area contributed by atoms with E-state index in [1.807, 2.05) is 18.2 Å². The molecule has 0 saturated carbocycles. The number of rotatable bonds is 5. The second kappa shape index (κ2) is 6.05. The van der Waals surface area contributed by atoms with Gasteiger partial charge in [-0.2, -0.15) is 0 Å². The highest BCUT2D eigenvalue weighted by atomic mass is 79.9. The van der Waals surface area contributed by atoms with E-state index in [0.29, 0.717) is 12.5 Å². The van der Waals surface area contributed by atoms with Gasteiger partial charge in [-0.15, -0.1) is 0 Å². The van der Waals surface area contributed by atoms with Crippen LogP contribution in [0.5, 0.6) is 5.75 Å². The molecule has 4 heteroatoms. The van der Waals surface area contributed by atoms with Crippen LogP contribution in [0.3, 0.4) is 0 Å². The Bertz CT molecular complexity index is 404. The Balaban J connectivity index is 2.80. The minimum Gasteiger partial charge on any atom is -0.492 e. The summed E-state index contributed by atoms with van der Waals surface area (Å²) in [5, 5.41) is 0. The maximum atomic E-state index is 10.9. The van der Waals surface area contributed by atoms with Crippen molar-refractivity contribution < 1.29 is 9.53 Å². The molecular weight excluding hydrogens is 282 g/mol. The predicted molar refractivity (Wildman–Crippen MR) is 72.1 cm³/mol. The summed E-state index contributed by atoms with van der Waals surface area (Å²) in [6.07, 6.45) is 0. The van der Waals surface area contributed by atoms with E-state index in [0.717, 1.165) is 15.8 Å². The Morgan fingerprint density at radius 3 is 2.59 bits per heavy atom. The SMILES string of the molecule is CC(COc1ccc(Br)cc1C(C)C)C(N)=O. The third-order valence-electron chi connectivity index (χ3n) is 2.57. The number of benzene rings is 1. The summed E-state index contributed by atoms with van der Waals surface area (Å²) in [5.41, 5.74) is 6.32. The van der Waals surface area contributed by atoms with Crippen molar-refractivity contribution in [2.75, 3.05) is 6.61 Å². The lowest BCUT2D eigenvalue weighted by Crippen LogP contribution is -2.26. The first-order valence-electron chi connectivity index (χ1n) is 5.63. The lowest BCUT2D eigenvalue weighted by Gasteiger charge is -2.16. The van der Waals surface area contributed by atoms with Gasteiger partial charge in [-0.1, -0.05) is 36.7 Å². The molecule has 1 unspecified atom stereocenters. The van der Waals surface area contributed by atoms with Gasteiger partial charge in [0, 0.05) is 4.47 Å². The van der Waals surface area contributed by atoms with Crippen molar-refractivity contribution >= 4 is 21.8 Å². The van der Waals surface area contributed by atoms with Gasteiger partial charge in [0.1, 0.15) is 5.75 Å². The van der Waals surface area contributed by atoms with Gasteiger partial charge >= 0.3 is 0 Å². The van der Waals surface area contributed by atoms with Gasteiger partial charge in [-0.25, -0.2) is 0 Å². The zero-order valence-electron chi connectivity index (χ0n) is 10.4. The lowest BCUT2D eigenvalue weighted by molar-refractivity contribution is -0.122. The molecule has 0 spiro atoms. The molecule has 1 rings (SSSR count). The highest BCUT2D eigenvalue weighted by Gasteiger charge is 2.13. The van der Waals surface area contributed by atoms with Crippen LogP contribution < -0.4 is 10.5 Å². The number of primary amides is 1. The number of carbonyl (C=O) groups excluding carboxylic acids is 1. The number of hydrogen-bond acceptors (Lipinski definition) is 2. The van der Waals surface area contributed by atoms with E-state index in [2.05, 4.69) is 29.8 Å². The zero-order valence-corrected chi connectivity index (χ0v) is 12.0. The van der Waals surface area contributed by atoms with Crippen LogP contribution in [0.1, 0.15) is 32.3 Å². The van der Waals surface area contributed by atoms with E-state index in [1.54, 1.807) is 6.92 Å². The number of halogens is 1. The monoisotopic (exact) mass is 299 g/mol. The fourth-order valence-electron chi connectivity index (χ4n) is 1.40. The van der Waals surface area contributed by atoms with Crippen molar-refractivity contribution in [2.24, 2.45) is 11.7 Å². The van der Waals surface area contributed by atoms with Gasteiger partial charge in [0.25, 0.3) is 0 Å². The summed E-state index contributed by atoms with van der Waals surface area (Å²) in [6, 6.07) is 5.87. The normalized spacial score (nSPS) is 12.5. The minimum atomic E-state index is -0.340. The van der Waals surface area contributed by atoms with Crippen LogP contribution in [0.25, 0.3) is 0 Å². The molecule has 3 nitrogen and oxygen atoms in total. The molecule has 0 aliphatic rings. The van der Waals surface area contributed by atoms with E-state index >= 15 is 0 Å². The fourth-order valence-corrected chi connectivity index (χ4v) is 1.78. The van der Waals surface area contributed by atoms with Crippen LogP contribution in [-0.4, -0.2) is 12.5 Å². The van der Waals surface area contributed by atoms with Crippen LogP contribution in [0, 0.1) is 5.92 Å². The first kappa shape index (κ1) is 14.0. The lowest BCUT2D eigenvalue weighted by atomic mass is 10.0. The Morgan fingerprint density at radius 2 is 2.06 bits per heavy atom. The minimum absolute atomic E-state index is 0.279. The molecule has 1 amide bonds. The number of carbonyl (C=O) groups is 1. The van der Waals surface area contributed by atoms with Crippen LogP contribution in [0.2, 0.25) is 0 Å². The van der Waals surface area contributed by atoms with Crippen LogP contribution in [0.15, 0.2) is 22.7 Å². The van der Waals surface area contributed by atoms with Gasteiger partial charge in [0.15, 0.2) is 0 Å². The van der Waals surface area contributed by atoms with E-state index < -0.39 is 0 Å². The van der Waals surface area contributed by atoms with Crippen molar-refractivity contribution in [3.63, 3.8) is 0 Å². The van der Waals surface area contributed by atoms with Gasteiger partial charge in [-0.3, -0.25) is 4.79 Å². The Labute approximate surface area is 110 Å². The molecule has 0 fully saturated rings. The molecule has 1 aromatic rings. The summed E-state index contributed by atoms with van der Waals surface area (Å²) in [6.45, 7) is 6.28. The molecule has 94 valence electrons. The van der Waals surface area contributed by atoms with E-state index in [4.69, 9.17) is 10.5 Å². The number of amides is 1. The Hall–Kier alpha value is -1.03. The molecule has 0 heterocycles. The first-order chi connectivity index (χ1) is 7.91. The van der Waals surface area contributed by atoms with Crippen LogP contribution in [0.4, 0.5) is 0 Å². The summed E-state index contributed by atoms with van der Waals surface area (Å²) in [7, 11) is 0. The summed E-state index contributed by atoms with van der Waals surface area (Å²) >= 11 is 3.44. The number of hydrogen-bond donors (Lipinski definition) is 1. The first-order valence-corrected chi connectivity index (χ1v) is 6.42. The molecule has 0 saturated heterocycles. The third kappa shape index (κ3) is 4.04. The molecule has 1 atom stereocenters. The molecular formula is C13H18BrNO2. The molecule has 2 N–H and O–H groups in total. The van der Waals surface area contributed by atoms with Crippen molar-refractivity contribution in [3.8, 4) is 5.75 Å². The number of nitrogens with two attached hydrogens (primary N) is 1. The molecule has 0 radical (unpaired) electrons. The maximum absolute atomic E-state index is 10.9. The summed E-state index contributed by atoms with van der Waals surface area (Å²) < 4.78 is 6.68. The van der Waals surface area contributed by atoms with E-state index in [1.165, 1.54) is 0 Å². The van der Waals surface area contributed by atoms with Gasteiger partial charge in [0.2, 0.25) is 5.91 Å². The smallest absolute Gasteiger partial charge is 0.223 e. The second-order valence-electron chi connectivity index (χ2n) is 4.45. The molecule has 17 heavy (non-hydrogen) atoms. The summed E-state index contributed by atoms with van der Waals surface area (Å²) in [4.78, 5) is 10.9.